The predicted octanol–water partition coefficient (Wildman–Crippen LogP) is 3.08. The third kappa shape index (κ3) is 9.43. The van der Waals surface area contributed by atoms with E-state index < -0.39 is 0 Å². The van der Waals surface area contributed by atoms with E-state index >= 15 is 0 Å². The maximum absolute atomic E-state index is 12.8. The molecule has 184 valence electrons. The van der Waals surface area contributed by atoms with E-state index in [0.717, 1.165) is 37.9 Å². The van der Waals surface area contributed by atoms with Gasteiger partial charge in [0.25, 0.3) is 0 Å². The lowest BCUT2D eigenvalue weighted by atomic mass is 10.1. The summed E-state index contributed by atoms with van der Waals surface area (Å²) in [6.07, 6.45) is 7.39. The first-order valence-electron chi connectivity index (χ1n) is 11.9. The number of piperazine rings is 1. The Kier molecular flexibility index (Phi) is 11.8. The second-order valence-electron chi connectivity index (χ2n) is 8.66. The van der Waals surface area contributed by atoms with E-state index in [1.54, 1.807) is 17.0 Å². The van der Waals surface area contributed by atoms with Gasteiger partial charge in [-0.05, 0) is 49.9 Å². The van der Waals surface area contributed by atoms with E-state index in [4.69, 9.17) is 9.47 Å². The fraction of sp³-hybridized carbons (Fsp3) is 0.600. The molecule has 0 spiro atoms. The molecule has 8 nitrogen and oxygen atoms in total. The lowest BCUT2D eigenvalue weighted by Crippen LogP contribution is -2.57. The van der Waals surface area contributed by atoms with E-state index in [-0.39, 0.29) is 18.0 Å². The number of nitrogens with zero attached hydrogens (tertiary/aromatic N) is 1. The Morgan fingerprint density at radius 3 is 2.82 bits per heavy atom. The molecule has 1 saturated heterocycles. The van der Waals surface area contributed by atoms with Crippen LogP contribution in [0.15, 0.2) is 30.4 Å². The van der Waals surface area contributed by atoms with E-state index in [1.165, 1.54) is 7.11 Å². The van der Waals surface area contributed by atoms with Crippen LogP contribution < -0.4 is 25.4 Å². The van der Waals surface area contributed by atoms with Crippen LogP contribution in [-0.4, -0.2) is 63.3 Å². The average molecular weight is 461 g/mol. The normalized spacial score (nSPS) is 16.3. The van der Waals surface area contributed by atoms with Crippen LogP contribution in [0, 0.1) is 5.92 Å². The number of rotatable bonds is 12. The van der Waals surface area contributed by atoms with Crippen molar-refractivity contribution < 1.29 is 19.1 Å². The molecule has 2 rings (SSSR count). The van der Waals surface area contributed by atoms with Gasteiger partial charge in [-0.1, -0.05) is 32.1 Å². The van der Waals surface area contributed by atoms with Crippen molar-refractivity contribution in [2.45, 2.75) is 52.1 Å². The molecule has 1 fully saturated rings. The smallest absolute Gasteiger partial charge is 0.415 e. The van der Waals surface area contributed by atoms with E-state index in [2.05, 4.69) is 41.9 Å². The molecule has 1 heterocycles. The first-order valence-corrected chi connectivity index (χ1v) is 11.9. The second-order valence-corrected chi connectivity index (χ2v) is 8.66. The van der Waals surface area contributed by atoms with Gasteiger partial charge in [0.2, 0.25) is 5.91 Å². The summed E-state index contributed by atoms with van der Waals surface area (Å²) in [6.45, 7) is 7.45. The van der Waals surface area contributed by atoms with Crippen LogP contribution in [0.2, 0.25) is 0 Å². The van der Waals surface area contributed by atoms with Gasteiger partial charge in [-0.15, -0.1) is 0 Å². The van der Waals surface area contributed by atoms with Gasteiger partial charge in [-0.25, -0.2) is 4.79 Å². The first kappa shape index (κ1) is 26.7. The topological polar surface area (TPSA) is 91.9 Å². The van der Waals surface area contributed by atoms with Crippen molar-refractivity contribution >= 4 is 12.0 Å². The van der Waals surface area contributed by atoms with Gasteiger partial charge in [-0.2, -0.15) is 0 Å². The molecule has 0 unspecified atom stereocenters. The van der Waals surface area contributed by atoms with Gasteiger partial charge < -0.3 is 30.3 Å². The Bertz CT molecular complexity index is 780. The van der Waals surface area contributed by atoms with Crippen molar-refractivity contribution in [2.24, 2.45) is 5.92 Å². The standard InChI is InChI=1S/C25H40N4O4/c1-19(2)9-7-5-6-8-10-24(30)28-16-20-11-12-22(23(15-20)32-4)33-25(31)29-14-13-27-18-21(29)17-26-3/h7,9,11-12,15,19,21,26-27H,5-6,8,10,13-14,16-18H2,1-4H3,(H,28,30)/b9-7+/t21-/m0/s1. The van der Waals surface area contributed by atoms with Crippen molar-refractivity contribution in [3.8, 4) is 11.5 Å². The van der Waals surface area contributed by atoms with Crippen LogP contribution in [0.5, 0.6) is 11.5 Å². The minimum absolute atomic E-state index is 0.0305. The largest absolute Gasteiger partial charge is 0.493 e. The van der Waals surface area contributed by atoms with Crippen molar-refractivity contribution in [3.05, 3.63) is 35.9 Å². The van der Waals surface area contributed by atoms with Crippen LogP contribution in [0.4, 0.5) is 4.79 Å². The van der Waals surface area contributed by atoms with Crippen molar-refractivity contribution in [2.75, 3.05) is 40.3 Å². The molecular weight excluding hydrogens is 420 g/mol. The number of methoxy groups -OCH3 is 1. The Hall–Kier alpha value is -2.58. The summed E-state index contributed by atoms with van der Waals surface area (Å²) in [5.41, 5.74) is 0.884. The molecule has 1 aromatic carbocycles. The zero-order chi connectivity index (χ0) is 24.1. The quantitative estimate of drug-likeness (QED) is 0.328. The number of hydrogen-bond acceptors (Lipinski definition) is 6. The van der Waals surface area contributed by atoms with Crippen LogP contribution in [0.25, 0.3) is 0 Å². The molecule has 0 saturated carbocycles. The number of unbranched alkanes of at least 4 members (excludes halogenated alkanes) is 2. The SMILES string of the molecule is CNC[C@H]1CNCCN1C(=O)Oc1ccc(CNC(=O)CCCC/C=C/C(C)C)cc1OC. The zero-order valence-corrected chi connectivity index (χ0v) is 20.5. The fourth-order valence-electron chi connectivity index (χ4n) is 3.68. The number of carbonyl (C=O) groups is 2. The van der Waals surface area contributed by atoms with Crippen molar-refractivity contribution in [1.29, 1.82) is 0 Å². The van der Waals surface area contributed by atoms with Gasteiger partial charge in [0.05, 0.1) is 13.2 Å². The van der Waals surface area contributed by atoms with Gasteiger partial charge in [0.1, 0.15) is 0 Å². The van der Waals surface area contributed by atoms with E-state index in [1.807, 2.05) is 13.1 Å². The van der Waals surface area contributed by atoms with E-state index in [0.29, 0.717) is 43.5 Å². The summed E-state index contributed by atoms with van der Waals surface area (Å²) >= 11 is 0. The number of ether oxygens (including phenoxy) is 2. The molecular formula is C25H40N4O4. The molecule has 0 bridgehead atoms. The van der Waals surface area contributed by atoms with Gasteiger partial charge in [0, 0.05) is 39.1 Å². The lowest BCUT2D eigenvalue weighted by Gasteiger charge is -2.35. The van der Waals surface area contributed by atoms with Gasteiger partial charge in [0.15, 0.2) is 11.5 Å². The van der Waals surface area contributed by atoms with Crippen LogP contribution in [-0.2, 0) is 11.3 Å². The molecule has 0 radical (unpaired) electrons. The monoisotopic (exact) mass is 460 g/mol. The maximum atomic E-state index is 12.8. The minimum atomic E-state index is -0.389. The summed E-state index contributed by atoms with van der Waals surface area (Å²) in [5, 5.41) is 9.36. The van der Waals surface area contributed by atoms with Crippen molar-refractivity contribution in [3.63, 3.8) is 0 Å². The Balaban J connectivity index is 1.83. The zero-order valence-electron chi connectivity index (χ0n) is 20.5. The highest BCUT2D eigenvalue weighted by molar-refractivity contribution is 5.76. The number of amides is 2. The second kappa shape index (κ2) is 14.5. The highest BCUT2D eigenvalue weighted by Gasteiger charge is 2.28. The van der Waals surface area contributed by atoms with Crippen LogP contribution >= 0.6 is 0 Å². The van der Waals surface area contributed by atoms with Crippen LogP contribution in [0.3, 0.4) is 0 Å². The summed E-state index contributed by atoms with van der Waals surface area (Å²) in [7, 11) is 3.40. The number of likely N-dealkylation sites (N-methyl/N-ethyl adjacent to an activating group) is 1. The van der Waals surface area contributed by atoms with Crippen LogP contribution in [0.1, 0.15) is 45.1 Å². The number of benzene rings is 1. The molecule has 0 aliphatic carbocycles. The number of allylic oxidation sites excluding steroid dienone is 2. The minimum Gasteiger partial charge on any atom is -0.493 e. The third-order valence-corrected chi connectivity index (χ3v) is 5.49. The third-order valence-electron chi connectivity index (χ3n) is 5.49. The highest BCUT2D eigenvalue weighted by Crippen LogP contribution is 2.29. The Morgan fingerprint density at radius 2 is 2.09 bits per heavy atom. The van der Waals surface area contributed by atoms with Crippen molar-refractivity contribution in [1.82, 2.24) is 20.9 Å². The Morgan fingerprint density at radius 1 is 1.27 bits per heavy atom. The molecule has 1 aliphatic rings. The molecule has 33 heavy (non-hydrogen) atoms. The lowest BCUT2D eigenvalue weighted by molar-refractivity contribution is -0.121. The molecule has 3 N–H and O–H groups in total. The first-order chi connectivity index (χ1) is 15.9. The molecule has 2 amide bonds. The Labute approximate surface area is 198 Å². The van der Waals surface area contributed by atoms with Gasteiger partial charge in [-0.3, -0.25) is 4.79 Å². The number of nitrogens with one attached hydrogen (secondary N) is 3. The van der Waals surface area contributed by atoms with Gasteiger partial charge >= 0.3 is 6.09 Å². The fourth-order valence-corrected chi connectivity index (χ4v) is 3.68. The molecule has 1 aromatic rings. The molecule has 1 atom stereocenters. The summed E-state index contributed by atoms with van der Waals surface area (Å²) < 4.78 is 11.1. The molecule has 0 aromatic heterocycles. The maximum Gasteiger partial charge on any atom is 0.415 e. The number of carbonyl (C=O) groups excluding carboxylic acids is 2. The average Bonchev–Trinajstić information content (AvgIpc) is 2.81. The summed E-state index contributed by atoms with van der Waals surface area (Å²) in [6, 6.07) is 5.38. The molecule has 8 heteroatoms. The molecule has 1 aliphatic heterocycles. The summed E-state index contributed by atoms with van der Waals surface area (Å²) in [4.78, 5) is 26.6. The summed E-state index contributed by atoms with van der Waals surface area (Å²) in [5.74, 6) is 1.44. The number of hydrogen-bond donors (Lipinski definition) is 3. The predicted molar refractivity (Wildman–Crippen MR) is 131 cm³/mol. The van der Waals surface area contributed by atoms with E-state index in [9.17, 15) is 9.59 Å². The highest BCUT2D eigenvalue weighted by atomic mass is 16.6.